The molecule has 0 spiro atoms. The van der Waals surface area contributed by atoms with E-state index in [2.05, 4.69) is 38.7 Å². The van der Waals surface area contributed by atoms with Gasteiger partial charge in [-0.2, -0.15) is 0 Å². The van der Waals surface area contributed by atoms with Crippen molar-refractivity contribution in [3.63, 3.8) is 0 Å². The van der Waals surface area contributed by atoms with E-state index in [1.54, 1.807) is 0 Å². The van der Waals surface area contributed by atoms with Crippen molar-refractivity contribution in [1.29, 1.82) is 0 Å². The molecule has 2 rings (SSSR count). The van der Waals surface area contributed by atoms with Crippen LogP contribution < -0.4 is 10.6 Å². The lowest BCUT2D eigenvalue weighted by Crippen LogP contribution is -2.36. The van der Waals surface area contributed by atoms with E-state index in [-0.39, 0.29) is 6.03 Å². The standard InChI is InChI=1S/C17H19BrN2O/c1-13-5-4-6-14(11-13)12-20-17(21)19-10-9-15-7-2-3-8-16(15)18/h2-8,11H,9-10,12H2,1H3,(H2,19,20,21). The predicted octanol–water partition coefficient (Wildman–Crippen LogP) is 3.80. The number of hydrogen-bond acceptors (Lipinski definition) is 1. The summed E-state index contributed by atoms with van der Waals surface area (Å²) in [6.07, 6.45) is 0.805. The number of urea groups is 1. The third-order valence-corrected chi connectivity index (χ3v) is 3.95. The van der Waals surface area contributed by atoms with Crippen LogP contribution in [0.25, 0.3) is 0 Å². The molecule has 0 bridgehead atoms. The van der Waals surface area contributed by atoms with Crippen LogP contribution >= 0.6 is 15.9 Å². The molecular weight excluding hydrogens is 328 g/mol. The zero-order valence-electron chi connectivity index (χ0n) is 12.0. The number of amides is 2. The van der Waals surface area contributed by atoms with Gasteiger partial charge in [0.2, 0.25) is 0 Å². The van der Waals surface area contributed by atoms with E-state index in [0.29, 0.717) is 13.1 Å². The van der Waals surface area contributed by atoms with Crippen LogP contribution in [0.4, 0.5) is 4.79 Å². The molecule has 0 fully saturated rings. The second-order valence-electron chi connectivity index (χ2n) is 4.94. The molecular formula is C17H19BrN2O. The quantitative estimate of drug-likeness (QED) is 0.849. The molecule has 0 aliphatic rings. The Kier molecular flexibility index (Phi) is 5.81. The first kappa shape index (κ1) is 15.6. The Morgan fingerprint density at radius 3 is 2.67 bits per heavy atom. The highest BCUT2D eigenvalue weighted by molar-refractivity contribution is 9.10. The lowest BCUT2D eigenvalue weighted by Gasteiger charge is -2.09. The summed E-state index contributed by atoms with van der Waals surface area (Å²) in [5.74, 6) is 0. The SMILES string of the molecule is Cc1cccc(CNC(=O)NCCc2ccccc2Br)c1. The molecule has 21 heavy (non-hydrogen) atoms. The molecule has 0 atom stereocenters. The molecule has 3 nitrogen and oxygen atoms in total. The van der Waals surface area contributed by atoms with Crippen LogP contribution in [-0.4, -0.2) is 12.6 Å². The molecule has 0 unspecified atom stereocenters. The van der Waals surface area contributed by atoms with E-state index >= 15 is 0 Å². The van der Waals surface area contributed by atoms with Gasteiger partial charge in [0.15, 0.2) is 0 Å². The Morgan fingerprint density at radius 2 is 1.90 bits per heavy atom. The van der Waals surface area contributed by atoms with Gasteiger partial charge in [0, 0.05) is 17.6 Å². The molecule has 0 aliphatic carbocycles. The zero-order chi connectivity index (χ0) is 15.1. The molecule has 0 heterocycles. The second-order valence-corrected chi connectivity index (χ2v) is 5.79. The summed E-state index contributed by atoms with van der Waals surface area (Å²) in [4.78, 5) is 11.7. The van der Waals surface area contributed by atoms with E-state index in [0.717, 1.165) is 16.5 Å². The number of halogens is 1. The minimum Gasteiger partial charge on any atom is -0.338 e. The number of rotatable bonds is 5. The lowest BCUT2D eigenvalue weighted by molar-refractivity contribution is 0.240. The van der Waals surface area contributed by atoms with E-state index in [1.165, 1.54) is 11.1 Å². The Hall–Kier alpha value is -1.81. The van der Waals surface area contributed by atoms with Crippen molar-refractivity contribution in [1.82, 2.24) is 10.6 Å². The van der Waals surface area contributed by atoms with Crippen molar-refractivity contribution in [2.24, 2.45) is 0 Å². The smallest absolute Gasteiger partial charge is 0.315 e. The van der Waals surface area contributed by atoms with Crippen LogP contribution in [0.15, 0.2) is 53.0 Å². The van der Waals surface area contributed by atoms with Crippen molar-refractivity contribution in [3.05, 3.63) is 69.7 Å². The number of aryl methyl sites for hydroxylation is 1. The van der Waals surface area contributed by atoms with Gasteiger partial charge in [-0.05, 0) is 30.5 Å². The summed E-state index contributed by atoms with van der Waals surface area (Å²) in [5.41, 5.74) is 3.50. The van der Waals surface area contributed by atoms with E-state index < -0.39 is 0 Å². The number of hydrogen-bond donors (Lipinski definition) is 2. The van der Waals surface area contributed by atoms with Gasteiger partial charge >= 0.3 is 6.03 Å². The topological polar surface area (TPSA) is 41.1 Å². The lowest BCUT2D eigenvalue weighted by atomic mass is 10.1. The maximum absolute atomic E-state index is 11.7. The summed E-state index contributed by atoms with van der Waals surface area (Å²) in [5, 5.41) is 5.74. The predicted molar refractivity (Wildman–Crippen MR) is 89.3 cm³/mol. The fourth-order valence-corrected chi connectivity index (χ4v) is 2.56. The first-order chi connectivity index (χ1) is 10.1. The average molecular weight is 347 g/mol. The van der Waals surface area contributed by atoms with Crippen LogP contribution in [0.2, 0.25) is 0 Å². The summed E-state index contributed by atoms with van der Waals surface area (Å²) in [6, 6.07) is 16.0. The van der Waals surface area contributed by atoms with Gasteiger partial charge in [0.1, 0.15) is 0 Å². The van der Waals surface area contributed by atoms with Gasteiger partial charge in [-0.25, -0.2) is 4.79 Å². The van der Waals surface area contributed by atoms with Gasteiger partial charge in [0.25, 0.3) is 0 Å². The molecule has 110 valence electrons. The highest BCUT2D eigenvalue weighted by Crippen LogP contribution is 2.15. The van der Waals surface area contributed by atoms with Crippen molar-refractivity contribution >= 4 is 22.0 Å². The Morgan fingerprint density at radius 1 is 1.10 bits per heavy atom. The minimum atomic E-state index is -0.136. The number of carbonyl (C=O) groups excluding carboxylic acids is 1. The fourth-order valence-electron chi connectivity index (χ4n) is 2.08. The number of carbonyl (C=O) groups is 1. The van der Waals surface area contributed by atoms with Gasteiger partial charge < -0.3 is 10.6 Å². The van der Waals surface area contributed by atoms with Crippen LogP contribution in [0.5, 0.6) is 0 Å². The first-order valence-corrected chi connectivity index (χ1v) is 7.75. The van der Waals surface area contributed by atoms with Crippen LogP contribution in [0.3, 0.4) is 0 Å². The van der Waals surface area contributed by atoms with Crippen molar-refractivity contribution in [3.8, 4) is 0 Å². The monoisotopic (exact) mass is 346 g/mol. The highest BCUT2D eigenvalue weighted by Gasteiger charge is 2.02. The molecule has 0 radical (unpaired) electrons. The van der Waals surface area contributed by atoms with Crippen molar-refractivity contribution < 1.29 is 4.79 Å². The first-order valence-electron chi connectivity index (χ1n) is 6.96. The fraction of sp³-hybridized carbons (Fsp3) is 0.235. The van der Waals surface area contributed by atoms with Gasteiger partial charge in [-0.3, -0.25) is 0 Å². The highest BCUT2D eigenvalue weighted by atomic mass is 79.9. The third kappa shape index (κ3) is 5.23. The van der Waals surface area contributed by atoms with Crippen LogP contribution in [0, 0.1) is 6.92 Å². The summed E-state index contributed by atoms with van der Waals surface area (Å²) in [7, 11) is 0. The third-order valence-electron chi connectivity index (χ3n) is 3.17. The average Bonchev–Trinajstić information content (AvgIpc) is 2.47. The molecule has 0 aromatic heterocycles. The Bertz CT molecular complexity index is 613. The second kappa shape index (κ2) is 7.84. The van der Waals surface area contributed by atoms with Gasteiger partial charge in [-0.15, -0.1) is 0 Å². The van der Waals surface area contributed by atoms with Crippen molar-refractivity contribution in [2.45, 2.75) is 19.9 Å². The van der Waals surface area contributed by atoms with E-state index in [4.69, 9.17) is 0 Å². The molecule has 0 saturated carbocycles. The molecule has 2 N–H and O–H groups in total. The van der Waals surface area contributed by atoms with Gasteiger partial charge in [0.05, 0.1) is 0 Å². The largest absolute Gasteiger partial charge is 0.338 e. The molecule has 2 amide bonds. The maximum Gasteiger partial charge on any atom is 0.315 e. The summed E-state index contributed by atoms with van der Waals surface area (Å²) >= 11 is 3.50. The van der Waals surface area contributed by atoms with Crippen LogP contribution in [-0.2, 0) is 13.0 Å². The Balaban J connectivity index is 1.72. The molecule has 0 saturated heterocycles. The van der Waals surface area contributed by atoms with Crippen molar-refractivity contribution in [2.75, 3.05) is 6.54 Å². The van der Waals surface area contributed by atoms with E-state index in [9.17, 15) is 4.79 Å². The summed E-state index contributed by atoms with van der Waals surface area (Å²) in [6.45, 7) is 3.20. The normalized spacial score (nSPS) is 10.2. The molecule has 4 heteroatoms. The van der Waals surface area contributed by atoms with Crippen LogP contribution in [0.1, 0.15) is 16.7 Å². The minimum absolute atomic E-state index is 0.136. The number of benzene rings is 2. The van der Waals surface area contributed by atoms with E-state index in [1.807, 2.05) is 43.3 Å². The summed E-state index contributed by atoms with van der Waals surface area (Å²) < 4.78 is 1.08. The zero-order valence-corrected chi connectivity index (χ0v) is 13.6. The molecule has 2 aromatic rings. The molecule has 0 aliphatic heterocycles. The Labute approximate surface area is 133 Å². The molecule has 2 aromatic carbocycles. The van der Waals surface area contributed by atoms with Gasteiger partial charge in [-0.1, -0.05) is 64.0 Å². The number of nitrogens with one attached hydrogen (secondary N) is 2. The maximum atomic E-state index is 11.7.